The summed E-state index contributed by atoms with van der Waals surface area (Å²) in [5.74, 6) is -0.947. The second kappa shape index (κ2) is 11.7. The summed E-state index contributed by atoms with van der Waals surface area (Å²) in [5.41, 5.74) is 0. The molecule has 0 spiro atoms. The van der Waals surface area contributed by atoms with E-state index in [1.165, 1.54) is 0 Å². The Labute approximate surface area is 113 Å². The van der Waals surface area contributed by atoms with Gasteiger partial charge in [-0.25, -0.2) is 4.79 Å². The van der Waals surface area contributed by atoms with Crippen LogP contribution < -0.4 is 10.6 Å². The number of carboxylic acids is 1. The molecule has 112 valence electrons. The zero-order valence-corrected chi connectivity index (χ0v) is 11.6. The van der Waals surface area contributed by atoms with Gasteiger partial charge in [-0.2, -0.15) is 0 Å². The predicted molar refractivity (Wildman–Crippen MR) is 70.2 cm³/mol. The molecule has 1 atom stereocenters. The molecule has 19 heavy (non-hydrogen) atoms. The van der Waals surface area contributed by atoms with Gasteiger partial charge in [0.25, 0.3) is 0 Å². The number of hydrogen-bond acceptors (Lipinski definition) is 4. The van der Waals surface area contributed by atoms with Crippen molar-refractivity contribution in [3.8, 4) is 0 Å². The summed E-state index contributed by atoms with van der Waals surface area (Å²) in [4.78, 5) is 22.0. The van der Waals surface area contributed by atoms with Crippen molar-refractivity contribution >= 4 is 12.0 Å². The van der Waals surface area contributed by atoms with Gasteiger partial charge in [0.2, 0.25) is 0 Å². The van der Waals surface area contributed by atoms with Crippen molar-refractivity contribution in [1.82, 2.24) is 10.6 Å². The Balaban J connectivity index is 3.69. The lowest BCUT2D eigenvalue weighted by atomic mass is 10.2. The lowest BCUT2D eigenvalue weighted by Crippen LogP contribution is -2.41. The summed E-state index contributed by atoms with van der Waals surface area (Å²) in [5, 5.41) is 13.9. The Bertz CT molecular complexity index is 261. The Kier molecular flexibility index (Phi) is 10.9. The van der Waals surface area contributed by atoms with Crippen molar-refractivity contribution in [1.29, 1.82) is 0 Å². The maximum Gasteiger partial charge on any atom is 0.314 e. The van der Waals surface area contributed by atoms with Crippen molar-refractivity contribution in [3.05, 3.63) is 0 Å². The molecule has 0 saturated carbocycles. The molecule has 0 aromatic carbocycles. The van der Waals surface area contributed by atoms with Crippen molar-refractivity contribution in [2.45, 2.75) is 32.8 Å². The van der Waals surface area contributed by atoms with E-state index in [9.17, 15) is 9.59 Å². The Hall–Kier alpha value is -1.34. The van der Waals surface area contributed by atoms with Crippen LogP contribution in [-0.4, -0.2) is 56.1 Å². The molecule has 7 nitrogen and oxygen atoms in total. The first-order chi connectivity index (χ1) is 9.10. The average Bonchev–Trinajstić information content (AvgIpc) is 2.35. The van der Waals surface area contributed by atoms with E-state index in [2.05, 4.69) is 10.6 Å². The first kappa shape index (κ1) is 17.7. The van der Waals surface area contributed by atoms with Crippen molar-refractivity contribution in [2.24, 2.45) is 0 Å². The molecule has 0 bridgehead atoms. The van der Waals surface area contributed by atoms with Gasteiger partial charge in [0.1, 0.15) is 0 Å². The average molecular weight is 276 g/mol. The van der Waals surface area contributed by atoms with Gasteiger partial charge in [0, 0.05) is 32.9 Å². The van der Waals surface area contributed by atoms with Gasteiger partial charge in [0.05, 0.1) is 12.5 Å². The number of urea groups is 1. The number of carbonyl (C=O) groups excluding carboxylic acids is 1. The predicted octanol–water partition coefficient (Wildman–Crippen LogP) is 0.592. The number of nitrogens with one attached hydrogen (secondary N) is 2. The second-order valence-electron chi connectivity index (χ2n) is 3.86. The number of amides is 2. The van der Waals surface area contributed by atoms with E-state index in [-0.39, 0.29) is 19.0 Å². The maximum absolute atomic E-state index is 11.4. The quantitative estimate of drug-likeness (QED) is 0.480. The molecule has 0 aromatic heterocycles. The van der Waals surface area contributed by atoms with Gasteiger partial charge in [-0.1, -0.05) is 0 Å². The third-order valence-corrected chi connectivity index (χ3v) is 2.25. The highest BCUT2D eigenvalue weighted by atomic mass is 16.5. The summed E-state index contributed by atoms with van der Waals surface area (Å²) in [7, 11) is 0. The van der Waals surface area contributed by atoms with E-state index in [0.29, 0.717) is 26.4 Å². The van der Waals surface area contributed by atoms with Crippen LogP contribution >= 0.6 is 0 Å². The SMILES string of the molecule is CCOCCCNC(=O)NCC(CC(=O)O)OCC. The summed E-state index contributed by atoms with van der Waals surface area (Å²) >= 11 is 0. The molecule has 0 aromatic rings. The van der Waals surface area contributed by atoms with E-state index < -0.39 is 12.1 Å². The molecule has 0 heterocycles. The van der Waals surface area contributed by atoms with Gasteiger partial charge in [0.15, 0.2) is 0 Å². The topological polar surface area (TPSA) is 96.9 Å². The minimum absolute atomic E-state index is 0.127. The summed E-state index contributed by atoms with van der Waals surface area (Å²) in [6.07, 6.45) is 0.112. The minimum atomic E-state index is -0.947. The molecular weight excluding hydrogens is 252 g/mol. The van der Waals surface area contributed by atoms with E-state index in [4.69, 9.17) is 14.6 Å². The Morgan fingerprint density at radius 3 is 2.53 bits per heavy atom. The second-order valence-corrected chi connectivity index (χ2v) is 3.86. The van der Waals surface area contributed by atoms with Gasteiger partial charge in [-0.05, 0) is 20.3 Å². The van der Waals surface area contributed by atoms with Crippen molar-refractivity contribution in [2.75, 3.05) is 32.9 Å². The number of carboxylic acid groups (broad SMARTS) is 1. The fourth-order valence-corrected chi connectivity index (χ4v) is 1.41. The fraction of sp³-hybridized carbons (Fsp3) is 0.833. The number of carbonyl (C=O) groups is 2. The molecule has 0 fully saturated rings. The molecule has 0 aliphatic heterocycles. The van der Waals surface area contributed by atoms with Crippen LogP contribution in [-0.2, 0) is 14.3 Å². The molecule has 2 amide bonds. The lowest BCUT2D eigenvalue weighted by Gasteiger charge is -2.16. The van der Waals surface area contributed by atoms with Crippen LogP contribution in [0.4, 0.5) is 4.79 Å². The van der Waals surface area contributed by atoms with E-state index >= 15 is 0 Å². The maximum atomic E-state index is 11.4. The standard InChI is InChI=1S/C12H24N2O5/c1-3-18-7-5-6-13-12(17)14-9-10(19-4-2)8-11(15)16/h10H,3-9H2,1-2H3,(H,15,16)(H2,13,14,17). The van der Waals surface area contributed by atoms with Crippen molar-refractivity contribution in [3.63, 3.8) is 0 Å². The number of hydrogen-bond donors (Lipinski definition) is 3. The number of aliphatic carboxylic acids is 1. The van der Waals surface area contributed by atoms with Gasteiger partial charge in [-0.3, -0.25) is 4.79 Å². The fourth-order valence-electron chi connectivity index (χ4n) is 1.41. The minimum Gasteiger partial charge on any atom is -0.481 e. The van der Waals surface area contributed by atoms with Crippen LogP contribution in [0, 0.1) is 0 Å². The molecule has 0 aliphatic carbocycles. The van der Waals surface area contributed by atoms with Crippen LogP contribution in [0.5, 0.6) is 0 Å². The van der Waals surface area contributed by atoms with Gasteiger partial charge >= 0.3 is 12.0 Å². The first-order valence-electron chi connectivity index (χ1n) is 6.52. The Morgan fingerprint density at radius 1 is 1.21 bits per heavy atom. The zero-order valence-electron chi connectivity index (χ0n) is 11.6. The monoisotopic (exact) mass is 276 g/mol. The molecule has 1 unspecified atom stereocenters. The van der Waals surface area contributed by atoms with Crippen molar-refractivity contribution < 1.29 is 24.2 Å². The molecule has 3 N–H and O–H groups in total. The van der Waals surface area contributed by atoms with E-state index in [0.717, 1.165) is 6.42 Å². The highest BCUT2D eigenvalue weighted by Crippen LogP contribution is 1.97. The van der Waals surface area contributed by atoms with Crippen LogP contribution in [0.2, 0.25) is 0 Å². The van der Waals surface area contributed by atoms with Gasteiger partial charge < -0.3 is 25.2 Å². The summed E-state index contributed by atoms with van der Waals surface area (Å²) < 4.78 is 10.3. The molecule has 0 radical (unpaired) electrons. The van der Waals surface area contributed by atoms with Crippen LogP contribution in [0.15, 0.2) is 0 Å². The Morgan fingerprint density at radius 2 is 1.95 bits per heavy atom. The lowest BCUT2D eigenvalue weighted by molar-refractivity contribution is -0.140. The molecule has 0 saturated heterocycles. The summed E-state index contributed by atoms with van der Waals surface area (Å²) in [6.45, 7) is 6.07. The first-order valence-corrected chi connectivity index (χ1v) is 6.52. The van der Waals surface area contributed by atoms with Gasteiger partial charge in [-0.15, -0.1) is 0 Å². The van der Waals surface area contributed by atoms with E-state index in [1.807, 2.05) is 6.92 Å². The van der Waals surface area contributed by atoms with Crippen LogP contribution in [0.3, 0.4) is 0 Å². The third kappa shape index (κ3) is 11.5. The largest absolute Gasteiger partial charge is 0.481 e. The summed E-state index contributed by atoms with van der Waals surface area (Å²) in [6, 6.07) is -0.327. The van der Waals surface area contributed by atoms with E-state index in [1.54, 1.807) is 6.92 Å². The molecule has 0 aliphatic rings. The van der Waals surface area contributed by atoms with Crippen LogP contribution in [0.1, 0.15) is 26.7 Å². The number of ether oxygens (including phenoxy) is 2. The number of rotatable bonds is 11. The zero-order chi connectivity index (χ0) is 14.5. The normalized spacial score (nSPS) is 11.9. The highest BCUT2D eigenvalue weighted by Gasteiger charge is 2.14. The smallest absolute Gasteiger partial charge is 0.314 e. The molecular formula is C12H24N2O5. The molecule has 7 heteroatoms. The highest BCUT2D eigenvalue weighted by molar-refractivity contribution is 5.74. The molecule has 0 rings (SSSR count). The third-order valence-electron chi connectivity index (χ3n) is 2.25. The van der Waals surface area contributed by atoms with Crippen LogP contribution in [0.25, 0.3) is 0 Å².